The molecule has 0 aliphatic heterocycles. The van der Waals surface area contributed by atoms with Gasteiger partial charge in [0.25, 0.3) is 0 Å². The Kier molecular flexibility index (Phi) is 3.20. The molecule has 0 saturated carbocycles. The summed E-state index contributed by atoms with van der Waals surface area (Å²) in [5.41, 5.74) is 0.889. The monoisotopic (exact) mass is 252 g/mol. The second-order valence-corrected chi connectivity index (χ2v) is 3.95. The third-order valence-corrected chi connectivity index (χ3v) is 2.64. The molecule has 0 aromatic heterocycles. The summed E-state index contributed by atoms with van der Waals surface area (Å²) in [6.07, 6.45) is 0. The van der Waals surface area contributed by atoms with Gasteiger partial charge < -0.3 is 9.84 Å². The minimum atomic E-state index is -0.523. The van der Waals surface area contributed by atoms with Gasteiger partial charge in [-0.25, -0.2) is 4.39 Å². The van der Waals surface area contributed by atoms with E-state index in [1.165, 1.54) is 19.2 Å². The molecule has 2 aromatic rings. The molecule has 4 heteroatoms. The number of rotatable bonds is 2. The van der Waals surface area contributed by atoms with E-state index in [2.05, 4.69) is 0 Å². The molecule has 0 saturated heterocycles. The summed E-state index contributed by atoms with van der Waals surface area (Å²) >= 11 is 5.88. The van der Waals surface area contributed by atoms with Crippen LogP contribution in [0.5, 0.6) is 11.5 Å². The summed E-state index contributed by atoms with van der Waals surface area (Å²) in [4.78, 5) is 0. The zero-order valence-corrected chi connectivity index (χ0v) is 9.83. The normalized spacial score (nSPS) is 10.3. The summed E-state index contributed by atoms with van der Waals surface area (Å²) in [5.74, 6) is -0.114. The number of methoxy groups -OCH3 is 1. The lowest BCUT2D eigenvalue weighted by Crippen LogP contribution is -1.90. The van der Waals surface area contributed by atoms with Crippen molar-refractivity contribution in [2.45, 2.75) is 0 Å². The molecule has 0 heterocycles. The Morgan fingerprint density at radius 3 is 2.53 bits per heavy atom. The SMILES string of the molecule is COc1ccc(Cl)cc1-c1ccc(O)cc1F. The van der Waals surface area contributed by atoms with Gasteiger partial charge in [-0.15, -0.1) is 0 Å². The molecular weight excluding hydrogens is 243 g/mol. The Morgan fingerprint density at radius 1 is 1.12 bits per heavy atom. The van der Waals surface area contributed by atoms with Crippen LogP contribution in [0.4, 0.5) is 4.39 Å². The number of hydrogen-bond acceptors (Lipinski definition) is 2. The van der Waals surface area contributed by atoms with E-state index in [1.807, 2.05) is 0 Å². The summed E-state index contributed by atoms with van der Waals surface area (Å²) in [6.45, 7) is 0. The van der Waals surface area contributed by atoms with Gasteiger partial charge in [0, 0.05) is 22.2 Å². The zero-order valence-electron chi connectivity index (χ0n) is 9.08. The molecule has 2 nitrogen and oxygen atoms in total. The lowest BCUT2D eigenvalue weighted by atomic mass is 10.0. The van der Waals surface area contributed by atoms with Gasteiger partial charge >= 0.3 is 0 Å². The van der Waals surface area contributed by atoms with Crippen molar-refractivity contribution in [3.05, 3.63) is 47.2 Å². The van der Waals surface area contributed by atoms with Crippen LogP contribution in [0.1, 0.15) is 0 Å². The van der Waals surface area contributed by atoms with Crippen molar-refractivity contribution in [1.29, 1.82) is 0 Å². The van der Waals surface area contributed by atoms with Crippen LogP contribution < -0.4 is 4.74 Å². The van der Waals surface area contributed by atoms with Crippen molar-refractivity contribution < 1.29 is 14.2 Å². The highest BCUT2D eigenvalue weighted by Crippen LogP contribution is 2.34. The molecule has 17 heavy (non-hydrogen) atoms. The first-order chi connectivity index (χ1) is 8.11. The number of ether oxygens (including phenoxy) is 1. The number of benzene rings is 2. The van der Waals surface area contributed by atoms with Crippen LogP contribution in [0.25, 0.3) is 11.1 Å². The molecule has 0 atom stereocenters. The number of hydrogen-bond donors (Lipinski definition) is 1. The van der Waals surface area contributed by atoms with Crippen molar-refractivity contribution in [1.82, 2.24) is 0 Å². The van der Waals surface area contributed by atoms with Gasteiger partial charge in [0.2, 0.25) is 0 Å². The minimum absolute atomic E-state index is 0.118. The van der Waals surface area contributed by atoms with Crippen molar-refractivity contribution >= 4 is 11.6 Å². The van der Waals surface area contributed by atoms with Crippen LogP contribution >= 0.6 is 11.6 Å². The van der Waals surface area contributed by atoms with E-state index in [0.29, 0.717) is 21.9 Å². The highest BCUT2D eigenvalue weighted by atomic mass is 35.5. The molecule has 0 aliphatic carbocycles. The molecule has 1 N–H and O–H groups in total. The van der Waals surface area contributed by atoms with E-state index < -0.39 is 5.82 Å². The average molecular weight is 253 g/mol. The molecule has 0 fully saturated rings. The summed E-state index contributed by atoms with van der Waals surface area (Å²) in [6, 6.07) is 8.91. The molecule has 88 valence electrons. The summed E-state index contributed by atoms with van der Waals surface area (Å²) < 4.78 is 18.9. The molecule has 2 aromatic carbocycles. The van der Waals surface area contributed by atoms with E-state index in [9.17, 15) is 4.39 Å². The van der Waals surface area contributed by atoms with Crippen LogP contribution in [0.3, 0.4) is 0 Å². The van der Waals surface area contributed by atoms with Crippen LogP contribution in [-0.2, 0) is 0 Å². The lowest BCUT2D eigenvalue weighted by Gasteiger charge is -2.10. The maximum Gasteiger partial charge on any atom is 0.134 e. The van der Waals surface area contributed by atoms with Gasteiger partial charge in [0.05, 0.1) is 7.11 Å². The minimum Gasteiger partial charge on any atom is -0.508 e. The van der Waals surface area contributed by atoms with E-state index in [4.69, 9.17) is 21.4 Å². The molecule has 0 radical (unpaired) electrons. The Hall–Kier alpha value is -1.74. The van der Waals surface area contributed by atoms with Gasteiger partial charge in [0.1, 0.15) is 17.3 Å². The standard InChI is InChI=1S/C13H10ClFO2/c1-17-13-5-2-8(14)6-11(13)10-4-3-9(16)7-12(10)15/h2-7,16H,1H3. The fraction of sp³-hybridized carbons (Fsp3) is 0.0769. The first-order valence-corrected chi connectivity index (χ1v) is 5.32. The smallest absolute Gasteiger partial charge is 0.134 e. The number of halogens is 2. The van der Waals surface area contributed by atoms with Crippen molar-refractivity contribution in [2.75, 3.05) is 7.11 Å². The van der Waals surface area contributed by atoms with Crippen LogP contribution in [0.15, 0.2) is 36.4 Å². The summed E-state index contributed by atoms with van der Waals surface area (Å²) in [7, 11) is 1.51. The number of phenols is 1. The van der Waals surface area contributed by atoms with Gasteiger partial charge in [-0.2, -0.15) is 0 Å². The predicted molar refractivity (Wildman–Crippen MR) is 65.1 cm³/mol. The average Bonchev–Trinajstić information content (AvgIpc) is 2.29. The molecule has 0 amide bonds. The highest BCUT2D eigenvalue weighted by Gasteiger charge is 2.11. The molecule has 0 unspecified atom stereocenters. The topological polar surface area (TPSA) is 29.5 Å². The number of aromatic hydroxyl groups is 1. The van der Waals surface area contributed by atoms with Crippen LogP contribution in [-0.4, -0.2) is 12.2 Å². The fourth-order valence-corrected chi connectivity index (χ4v) is 1.79. The Balaban J connectivity index is 2.62. The number of phenolic OH excluding ortho intramolecular Hbond substituents is 1. The van der Waals surface area contributed by atoms with Crippen LogP contribution in [0.2, 0.25) is 5.02 Å². The van der Waals surface area contributed by atoms with Crippen molar-refractivity contribution in [2.24, 2.45) is 0 Å². The Morgan fingerprint density at radius 2 is 1.88 bits per heavy atom. The molecular formula is C13H10ClFO2. The maximum absolute atomic E-state index is 13.7. The van der Waals surface area contributed by atoms with Gasteiger partial charge in [0.15, 0.2) is 0 Å². The second-order valence-electron chi connectivity index (χ2n) is 3.51. The fourth-order valence-electron chi connectivity index (χ4n) is 1.61. The van der Waals surface area contributed by atoms with E-state index in [-0.39, 0.29) is 5.75 Å². The third-order valence-electron chi connectivity index (χ3n) is 2.40. The van der Waals surface area contributed by atoms with E-state index in [0.717, 1.165) is 6.07 Å². The van der Waals surface area contributed by atoms with Gasteiger partial charge in [-0.1, -0.05) is 11.6 Å². The van der Waals surface area contributed by atoms with Crippen LogP contribution in [0, 0.1) is 5.82 Å². The predicted octanol–water partition coefficient (Wildman–Crippen LogP) is 3.86. The molecule has 0 bridgehead atoms. The van der Waals surface area contributed by atoms with Crippen molar-refractivity contribution in [3.8, 4) is 22.6 Å². The van der Waals surface area contributed by atoms with Crippen molar-refractivity contribution in [3.63, 3.8) is 0 Å². The Bertz CT molecular complexity index is 555. The lowest BCUT2D eigenvalue weighted by molar-refractivity contribution is 0.416. The molecule has 2 rings (SSSR count). The quantitative estimate of drug-likeness (QED) is 0.879. The summed E-state index contributed by atoms with van der Waals surface area (Å²) in [5, 5.41) is 9.66. The Labute approximate surface area is 103 Å². The van der Waals surface area contributed by atoms with Gasteiger partial charge in [-0.05, 0) is 30.3 Å². The van der Waals surface area contributed by atoms with E-state index in [1.54, 1.807) is 18.2 Å². The second kappa shape index (κ2) is 4.63. The highest BCUT2D eigenvalue weighted by molar-refractivity contribution is 6.31. The molecule has 0 aliphatic rings. The third kappa shape index (κ3) is 2.34. The first-order valence-electron chi connectivity index (χ1n) is 4.94. The largest absolute Gasteiger partial charge is 0.508 e. The first kappa shape index (κ1) is 11.7. The zero-order chi connectivity index (χ0) is 12.4. The molecule has 0 spiro atoms. The van der Waals surface area contributed by atoms with E-state index >= 15 is 0 Å². The van der Waals surface area contributed by atoms with Gasteiger partial charge in [-0.3, -0.25) is 0 Å². The maximum atomic E-state index is 13.7.